The minimum absolute atomic E-state index is 0.0400. The first-order chi connectivity index (χ1) is 20.1. The lowest BCUT2D eigenvalue weighted by Crippen LogP contribution is -2.56. The van der Waals surface area contributed by atoms with E-state index in [9.17, 15) is 28.8 Å². The van der Waals surface area contributed by atoms with Crippen molar-refractivity contribution < 1.29 is 24.0 Å². The number of likely N-dealkylation sites (N-methyl/N-ethyl adjacent to an activating group) is 2. The number of carbonyl (C=O) groups is 5. The van der Waals surface area contributed by atoms with Crippen molar-refractivity contribution in [3.63, 3.8) is 0 Å². The fourth-order valence-corrected chi connectivity index (χ4v) is 7.27. The SMILES string of the molecule is CCCN(C)CC(=O)N[C@@H](CCC(=O)C(=O)NC)C(=O)Nc1cccn(CC(=O)NC2C3CC4CC(C3)CC2C4)c1=O. The third kappa shape index (κ3) is 7.84. The highest BCUT2D eigenvalue weighted by Gasteiger charge is 2.48. The van der Waals surface area contributed by atoms with Gasteiger partial charge in [0.1, 0.15) is 18.3 Å². The molecule has 4 saturated carbocycles. The molecule has 4 fully saturated rings. The molecular formula is C30H44N6O6. The number of amides is 4. The van der Waals surface area contributed by atoms with Crippen LogP contribution in [-0.2, 0) is 30.5 Å². The molecule has 230 valence electrons. The molecule has 1 heterocycles. The van der Waals surface area contributed by atoms with Crippen LogP contribution >= 0.6 is 0 Å². The number of ketones is 1. The van der Waals surface area contributed by atoms with Gasteiger partial charge < -0.3 is 25.8 Å². The van der Waals surface area contributed by atoms with E-state index in [1.54, 1.807) is 18.0 Å². The summed E-state index contributed by atoms with van der Waals surface area (Å²) < 4.78 is 1.25. The average molecular weight is 585 g/mol. The van der Waals surface area contributed by atoms with Crippen molar-refractivity contribution >= 4 is 35.1 Å². The van der Waals surface area contributed by atoms with Crippen molar-refractivity contribution in [1.82, 2.24) is 25.4 Å². The molecule has 0 aliphatic heterocycles. The zero-order chi connectivity index (χ0) is 30.4. The fourth-order valence-electron chi connectivity index (χ4n) is 7.27. The van der Waals surface area contributed by atoms with E-state index in [0.29, 0.717) is 18.4 Å². The van der Waals surface area contributed by atoms with Gasteiger partial charge in [0.2, 0.25) is 23.5 Å². The van der Waals surface area contributed by atoms with Crippen molar-refractivity contribution in [2.24, 2.45) is 23.7 Å². The van der Waals surface area contributed by atoms with E-state index in [2.05, 4.69) is 21.3 Å². The van der Waals surface area contributed by atoms with Gasteiger partial charge in [-0.1, -0.05) is 6.92 Å². The van der Waals surface area contributed by atoms with E-state index in [1.807, 2.05) is 6.92 Å². The number of nitrogens with one attached hydrogen (secondary N) is 4. The zero-order valence-corrected chi connectivity index (χ0v) is 24.8. The van der Waals surface area contributed by atoms with Gasteiger partial charge in [-0.3, -0.25) is 33.7 Å². The Morgan fingerprint density at radius 3 is 2.31 bits per heavy atom. The highest BCUT2D eigenvalue weighted by atomic mass is 16.2. The summed E-state index contributed by atoms with van der Waals surface area (Å²) >= 11 is 0. The molecule has 12 nitrogen and oxygen atoms in total. The molecule has 4 aliphatic rings. The largest absolute Gasteiger partial charge is 0.353 e. The van der Waals surface area contributed by atoms with Crippen LogP contribution in [0.1, 0.15) is 58.3 Å². The number of hydrogen-bond acceptors (Lipinski definition) is 7. The summed E-state index contributed by atoms with van der Waals surface area (Å²) in [5.74, 6) is -0.265. The highest BCUT2D eigenvalue weighted by molar-refractivity contribution is 6.36. The third-order valence-electron chi connectivity index (χ3n) is 8.96. The molecule has 4 amide bonds. The van der Waals surface area contributed by atoms with Crippen molar-refractivity contribution in [1.29, 1.82) is 0 Å². The predicted octanol–water partition coefficient (Wildman–Crippen LogP) is 0.650. The molecule has 4 aliphatic carbocycles. The number of rotatable bonds is 14. The van der Waals surface area contributed by atoms with Crippen LogP contribution in [0.3, 0.4) is 0 Å². The van der Waals surface area contributed by atoms with Crippen LogP contribution in [0.4, 0.5) is 5.69 Å². The molecule has 0 unspecified atom stereocenters. The molecule has 12 heteroatoms. The Balaban J connectivity index is 1.39. The standard InChI is InChI=1S/C30H44N6O6/c1-4-9-35(3)16-25(38)32-22(7-8-24(37)29(41)31-2)28(40)33-23-6-5-10-36(30(23)42)17-26(39)34-27-20-12-18-11-19(14-20)15-21(27)13-18/h5-6,10,18-22,27H,4,7-9,11-17H2,1-3H3,(H,31,41)(H,32,38)(H,33,40)(H,34,39)/t18?,19?,20?,21?,22-,27?/m0/s1. The second-order valence-corrected chi connectivity index (χ2v) is 12.3. The molecule has 0 saturated heterocycles. The van der Waals surface area contributed by atoms with Gasteiger partial charge in [-0.25, -0.2) is 0 Å². The van der Waals surface area contributed by atoms with Crippen LogP contribution in [0.25, 0.3) is 0 Å². The van der Waals surface area contributed by atoms with Crippen LogP contribution in [0.15, 0.2) is 23.1 Å². The Morgan fingerprint density at radius 1 is 1.02 bits per heavy atom. The number of pyridine rings is 1. The molecule has 0 aromatic carbocycles. The smallest absolute Gasteiger partial charge is 0.287 e. The zero-order valence-electron chi connectivity index (χ0n) is 24.8. The number of nitrogens with zero attached hydrogens (tertiary/aromatic N) is 2. The predicted molar refractivity (Wildman–Crippen MR) is 156 cm³/mol. The average Bonchev–Trinajstić information content (AvgIpc) is 2.94. The van der Waals surface area contributed by atoms with Gasteiger partial charge in [0.25, 0.3) is 11.5 Å². The molecule has 0 spiro atoms. The lowest BCUT2D eigenvalue weighted by atomic mass is 9.54. The minimum Gasteiger partial charge on any atom is -0.353 e. The van der Waals surface area contributed by atoms with Gasteiger partial charge >= 0.3 is 0 Å². The van der Waals surface area contributed by atoms with E-state index < -0.39 is 35.1 Å². The molecule has 4 bridgehead atoms. The van der Waals surface area contributed by atoms with Crippen LogP contribution in [0, 0.1) is 23.7 Å². The summed E-state index contributed by atoms with van der Waals surface area (Å²) in [7, 11) is 3.11. The monoisotopic (exact) mass is 584 g/mol. The number of hydrogen-bond donors (Lipinski definition) is 4. The van der Waals surface area contributed by atoms with Gasteiger partial charge in [0, 0.05) is 25.7 Å². The van der Waals surface area contributed by atoms with Crippen LogP contribution in [-0.4, -0.2) is 78.1 Å². The number of carbonyl (C=O) groups excluding carboxylic acids is 5. The van der Waals surface area contributed by atoms with Gasteiger partial charge in [0.15, 0.2) is 0 Å². The van der Waals surface area contributed by atoms with E-state index in [0.717, 1.165) is 18.3 Å². The Morgan fingerprint density at radius 2 is 1.69 bits per heavy atom. The van der Waals surface area contributed by atoms with Gasteiger partial charge in [-0.15, -0.1) is 0 Å². The quantitative estimate of drug-likeness (QED) is 0.234. The Kier molecular flexibility index (Phi) is 10.5. The van der Waals surface area contributed by atoms with Gasteiger partial charge in [0.05, 0.1) is 6.54 Å². The summed E-state index contributed by atoms with van der Waals surface area (Å²) in [5.41, 5.74) is -0.606. The number of Topliss-reactive ketones (excluding diaryl/α,β-unsaturated/α-hetero) is 1. The lowest BCUT2D eigenvalue weighted by Gasteiger charge is -2.54. The lowest BCUT2D eigenvalue weighted by molar-refractivity contribution is -0.138. The van der Waals surface area contributed by atoms with Crippen molar-refractivity contribution in [3.05, 3.63) is 28.7 Å². The maximum atomic E-state index is 13.2. The van der Waals surface area contributed by atoms with Gasteiger partial charge in [-0.2, -0.15) is 0 Å². The third-order valence-corrected chi connectivity index (χ3v) is 8.96. The van der Waals surface area contributed by atoms with E-state index in [1.165, 1.54) is 56.0 Å². The van der Waals surface area contributed by atoms with Gasteiger partial charge in [-0.05, 0) is 94.3 Å². The molecule has 0 radical (unpaired) electrons. The van der Waals surface area contributed by atoms with E-state index >= 15 is 0 Å². The van der Waals surface area contributed by atoms with Crippen LogP contribution < -0.4 is 26.8 Å². The topological polar surface area (TPSA) is 159 Å². The van der Waals surface area contributed by atoms with Crippen molar-refractivity contribution in [3.8, 4) is 0 Å². The Hall–Kier alpha value is -3.54. The number of aromatic nitrogens is 1. The maximum absolute atomic E-state index is 13.2. The Bertz CT molecular complexity index is 1220. The second kappa shape index (κ2) is 14.1. The molecule has 5 rings (SSSR count). The molecule has 1 aromatic rings. The second-order valence-electron chi connectivity index (χ2n) is 12.3. The highest BCUT2D eigenvalue weighted by Crippen LogP contribution is 2.53. The van der Waals surface area contributed by atoms with Crippen LogP contribution in [0.5, 0.6) is 0 Å². The first-order valence-electron chi connectivity index (χ1n) is 15.1. The molecule has 1 aromatic heterocycles. The van der Waals surface area contributed by atoms with Crippen molar-refractivity contribution in [2.75, 3.05) is 32.5 Å². The van der Waals surface area contributed by atoms with Crippen molar-refractivity contribution in [2.45, 2.75) is 76.9 Å². The molecular weight excluding hydrogens is 540 g/mol. The molecule has 4 N–H and O–H groups in total. The summed E-state index contributed by atoms with van der Waals surface area (Å²) in [6.45, 7) is 2.53. The summed E-state index contributed by atoms with van der Waals surface area (Å²) in [6, 6.07) is 1.99. The van der Waals surface area contributed by atoms with E-state index in [4.69, 9.17) is 0 Å². The first kappa shape index (κ1) is 31.4. The maximum Gasteiger partial charge on any atom is 0.287 e. The number of anilines is 1. The molecule has 42 heavy (non-hydrogen) atoms. The minimum atomic E-state index is -1.16. The van der Waals surface area contributed by atoms with E-state index in [-0.39, 0.29) is 43.6 Å². The fraction of sp³-hybridized carbons (Fsp3) is 0.667. The summed E-state index contributed by atoms with van der Waals surface area (Å²) in [6.07, 6.45) is 7.94. The summed E-state index contributed by atoms with van der Waals surface area (Å²) in [5, 5.41) is 10.6. The summed E-state index contributed by atoms with van der Waals surface area (Å²) in [4.78, 5) is 77.6. The normalized spacial score (nSPS) is 24.6. The van der Waals surface area contributed by atoms with Crippen LogP contribution in [0.2, 0.25) is 0 Å². The Labute approximate surface area is 246 Å². The first-order valence-corrected chi connectivity index (χ1v) is 15.1. The molecule has 1 atom stereocenters.